The minimum Gasteiger partial charge on any atom is -0.354 e. The van der Waals surface area contributed by atoms with Crippen molar-refractivity contribution < 1.29 is 4.79 Å². The topological polar surface area (TPSA) is 47.6 Å². The first-order valence-electron chi connectivity index (χ1n) is 9.59. The first-order valence-corrected chi connectivity index (χ1v) is 9.59. The third kappa shape index (κ3) is 5.80. The quantitative estimate of drug-likeness (QED) is 0.817. The normalized spacial score (nSPS) is 21.8. The second-order valence-electron chi connectivity index (χ2n) is 7.88. The van der Waals surface area contributed by atoms with Crippen molar-refractivity contribution in [1.82, 2.24) is 20.4 Å². The highest BCUT2D eigenvalue weighted by Crippen LogP contribution is 2.26. The summed E-state index contributed by atoms with van der Waals surface area (Å²) in [6.07, 6.45) is 2.29. The lowest BCUT2D eigenvalue weighted by Crippen LogP contribution is -2.50. The lowest BCUT2D eigenvalue weighted by atomic mass is 9.81. The zero-order valence-corrected chi connectivity index (χ0v) is 15.5. The Balaban J connectivity index is 1.35. The molecule has 2 aliphatic rings. The Labute approximate surface area is 151 Å². The van der Waals surface area contributed by atoms with Crippen molar-refractivity contribution >= 4 is 5.91 Å². The molecule has 3 rings (SSSR count). The Kier molecular flexibility index (Phi) is 6.45. The van der Waals surface area contributed by atoms with Gasteiger partial charge >= 0.3 is 0 Å². The van der Waals surface area contributed by atoms with Gasteiger partial charge in [-0.15, -0.1) is 0 Å². The van der Waals surface area contributed by atoms with E-state index in [1.165, 1.54) is 5.56 Å². The first-order chi connectivity index (χ1) is 12.1. The monoisotopic (exact) mass is 344 g/mol. The van der Waals surface area contributed by atoms with Gasteiger partial charge < -0.3 is 10.6 Å². The molecule has 2 fully saturated rings. The van der Waals surface area contributed by atoms with Crippen LogP contribution in [0.3, 0.4) is 0 Å². The predicted octanol–water partition coefficient (Wildman–Crippen LogP) is 1.31. The van der Waals surface area contributed by atoms with Crippen molar-refractivity contribution in [1.29, 1.82) is 0 Å². The highest BCUT2D eigenvalue weighted by Gasteiger charge is 2.27. The molecule has 25 heavy (non-hydrogen) atoms. The summed E-state index contributed by atoms with van der Waals surface area (Å²) in [7, 11) is 0. The average molecular weight is 345 g/mol. The molecule has 0 aromatic heterocycles. The minimum absolute atomic E-state index is 0.177. The minimum atomic E-state index is 0.177. The number of amides is 1. The van der Waals surface area contributed by atoms with Crippen molar-refractivity contribution in [3.05, 3.63) is 35.9 Å². The largest absolute Gasteiger partial charge is 0.354 e. The first kappa shape index (κ1) is 18.4. The van der Waals surface area contributed by atoms with Crippen LogP contribution in [0.2, 0.25) is 0 Å². The van der Waals surface area contributed by atoms with Gasteiger partial charge in [0.2, 0.25) is 5.91 Å². The smallest absolute Gasteiger partial charge is 0.234 e. The summed E-state index contributed by atoms with van der Waals surface area (Å²) >= 11 is 0. The lowest BCUT2D eigenvalue weighted by molar-refractivity contribution is -0.123. The van der Waals surface area contributed by atoms with Gasteiger partial charge in [-0.25, -0.2) is 0 Å². The van der Waals surface area contributed by atoms with Crippen molar-refractivity contribution in [3.63, 3.8) is 0 Å². The van der Waals surface area contributed by atoms with Gasteiger partial charge in [-0.2, -0.15) is 0 Å². The maximum absolute atomic E-state index is 12.3. The molecule has 1 aromatic rings. The summed E-state index contributed by atoms with van der Waals surface area (Å²) in [6, 6.07) is 10.6. The molecule has 1 amide bonds. The number of carbonyl (C=O) groups excluding carboxylic acids is 1. The summed E-state index contributed by atoms with van der Waals surface area (Å²) < 4.78 is 0. The number of carbonyl (C=O) groups is 1. The predicted molar refractivity (Wildman–Crippen MR) is 101 cm³/mol. The fourth-order valence-corrected chi connectivity index (χ4v) is 3.73. The number of hydrogen-bond acceptors (Lipinski definition) is 4. The molecule has 2 heterocycles. The van der Waals surface area contributed by atoms with Crippen LogP contribution in [0.4, 0.5) is 0 Å². The second-order valence-corrected chi connectivity index (χ2v) is 7.88. The standard InChI is InChI=1S/C20H32N4O/c1-20(7-9-21-10-8-20)17-22-19(25)16-24-13-11-23(12-14-24)15-18-5-3-2-4-6-18/h2-6,21H,7-17H2,1H3,(H,22,25). The maximum Gasteiger partial charge on any atom is 0.234 e. The van der Waals surface area contributed by atoms with Gasteiger partial charge in [0.1, 0.15) is 0 Å². The molecule has 5 nitrogen and oxygen atoms in total. The van der Waals surface area contributed by atoms with Gasteiger partial charge in [-0.1, -0.05) is 37.3 Å². The van der Waals surface area contributed by atoms with Gasteiger partial charge in [0.25, 0.3) is 0 Å². The Morgan fingerprint density at radius 1 is 1.08 bits per heavy atom. The molecule has 1 aromatic carbocycles. The van der Waals surface area contributed by atoms with E-state index < -0.39 is 0 Å². The Hall–Kier alpha value is -1.43. The van der Waals surface area contributed by atoms with Crippen LogP contribution >= 0.6 is 0 Å². The number of hydrogen-bond donors (Lipinski definition) is 2. The van der Waals surface area contributed by atoms with Gasteiger partial charge in [0.15, 0.2) is 0 Å². The average Bonchev–Trinajstić information content (AvgIpc) is 2.63. The molecule has 0 aliphatic carbocycles. The molecule has 0 atom stereocenters. The molecule has 0 bridgehead atoms. The molecule has 0 radical (unpaired) electrons. The molecule has 138 valence electrons. The number of piperidine rings is 1. The third-order valence-corrected chi connectivity index (χ3v) is 5.60. The fourth-order valence-electron chi connectivity index (χ4n) is 3.73. The Morgan fingerprint density at radius 2 is 1.72 bits per heavy atom. The molecule has 0 spiro atoms. The van der Waals surface area contributed by atoms with Crippen molar-refractivity contribution in [2.24, 2.45) is 5.41 Å². The molecule has 0 saturated carbocycles. The van der Waals surface area contributed by atoms with Crippen molar-refractivity contribution in [2.75, 3.05) is 52.4 Å². The van der Waals surface area contributed by atoms with Crippen molar-refractivity contribution in [2.45, 2.75) is 26.3 Å². The number of piperazine rings is 1. The van der Waals surface area contributed by atoms with E-state index in [1.54, 1.807) is 0 Å². The highest BCUT2D eigenvalue weighted by atomic mass is 16.2. The van der Waals surface area contributed by atoms with Gasteiger partial charge in [0, 0.05) is 39.3 Å². The fraction of sp³-hybridized carbons (Fsp3) is 0.650. The molecule has 2 aliphatic heterocycles. The van der Waals surface area contributed by atoms with Crippen LogP contribution in [0.25, 0.3) is 0 Å². The lowest BCUT2D eigenvalue weighted by Gasteiger charge is -2.36. The van der Waals surface area contributed by atoms with Crippen LogP contribution < -0.4 is 10.6 Å². The van der Waals surface area contributed by atoms with Crippen molar-refractivity contribution in [3.8, 4) is 0 Å². The maximum atomic E-state index is 12.3. The second kappa shape index (κ2) is 8.79. The number of rotatable bonds is 6. The van der Waals surface area contributed by atoms with E-state index in [0.29, 0.717) is 6.54 Å². The van der Waals surface area contributed by atoms with Gasteiger partial charge in [-0.05, 0) is 36.9 Å². The summed E-state index contributed by atoms with van der Waals surface area (Å²) in [6.45, 7) is 10.8. The molecule has 5 heteroatoms. The van der Waals surface area contributed by atoms with E-state index in [9.17, 15) is 4.79 Å². The molecule has 2 N–H and O–H groups in total. The van der Waals surface area contributed by atoms with Crippen LogP contribution in [-0.2, 0) is 11.3 Å². The molecular formula is C20H32N4O. The summed E-state index contributed by atoms with van der Waals surface area (Å²) in [5.41, 5.74) is 1.62. The molecule has 2 saturated heterocycles. The number of nitrogens with one attached hydrogen (secondary N) is 2. The van der Waals surface area contributed by atoms with Crippen LogP contribution in [0.5, 0.6) is 0 Å². The molecule has 0 unspecified atom stereocenters. The van der Waals surface area contributed by atoms with E-state index in [-0.39, 0.29) is 11.3 Å². The number of benzene rings is 1. The summed E-state index contributed by atoms with van der Waals surface area (Å²) in [5.74, 6) is 0.177. The van der Waals surface area contributed by atoms with Crippen LogP contribution in [0.15, 0.2) is 30.3 Å². The number of nitrogens with zero attached hydrogens (tertiary/aromatic N) is 2. The van der Waals surface area contributed by atoms with Crippen LogP contribution in [0, 0.1) is 5.41 Å². The van der Waals surface area contributed by atoms with E-state index in [4.69, 9.17) is 0 Å². The van der Waals surface area contributed by atoms with E-state index in [0.717, 1.165) is 65.2 Å². The highest BCUT2D eigenvalue weighted by molar-refractivity contribution is 5.78. The van der Waals surface area contributed by atoms with Crippen LogP contribution in [-0.4, -0.2) is 68.1 Å². The summed E-state index contributed by atoms with van der Waals surface area (Å²) in [4.78, 5) is 17.0. The van der Waals surface area contributed by atoms with E-state index in [2.05, 4.69) is 57.7 Å². The Bertz CT molecular complexity index is 534. The SMILES string of the molecule is CC1(CNC(=O)CN2CCN(Cc3ccccc3)CC2)CCNCC1. The van der Waals surface area contributed by atoms with Crippen LogP contribution in [0.1, 0.15) is 25.3 Å². The zero-order valence-electron chi connectivity index (χ0n) is 15.5. The summed E-state index contributed by atoms with van der Waals surface area (Å²) in [5, 5.41) is 6.56. The van der Waals surface area contributed by atoms with Gasteiger partial charge in [0.05, 0.1) is 6.54 Å². The van der Waals surface area contributed by atoms with E-state index >= 15 is 0 Å². The third-order valence-electron chi connectivity index (χ3n) is 5.60. The van der Waals surface area contributed by atoms with E-state index in [1.807, 2.05) is 0 Å². The zero-order chi connectivity index (χ0) is 17.5. The Morgan fingerprint density at radius 3 is 2.40 bits per heavy atom. The van der Waals surface area contributed by atoms with Gasteiger partial charge in [-0.3, -0.25) is 14.6 Å². The molecular weight excluding hydrogens is 312 g/mol.